The van der Waals surface area contributed by atoms with Crippen molar-refractivity contribution in [2.24, 2.45) is 5.92 Å². The van der Waals surface area contributed by atoms with Crippen LogP contribution in [-0.4, -0.2) is 41.9 Å². The number of rotatable bonds is 9. The van der Waals surface area contributed by atoms with Crippen LogP contribution in [0.5, 0.6) is 0 Å². The Labute approximate surface area is 209 Å². The molecule has 1 saturated heterocycles. The lowest BCUT2D eigenvalue weighted by Crippen LogP contribution is -2.53. The fourth-order valence-electron chi connectivity index (χ4n) is 4.58. The van der Waals surface area contributed by atoms with Crippen molar-refractivity contribution < 1.29 is 23.1 Å². The normalized spacial score (nSPS) is 26.6. The van der Waals surface area contributed by atoms with E-state index >= 15 is 4.39 Å². The zero-order valence-electron chi connectivity index (χ0n) is 20.6. The molecule has 1 aromatic heterocycles. The average Bonchev–Trinajstić information content (AvgIpc) is 3.02. The Morgan fingerprint density at radius 1 is 1.23 bits per heavy atom. The molecule has 1 aliphatic heterocycles. The number of hydrogen-bond donors (Lipinski definition) is 1. The van der Waals surface area contributed by atoms with Gasteiger partial charge in [0, 0.05) is 17.3 Å². The quantitative estimate of drug-likeness (QED) is 0.377. The van der Waals surface area contributed by atoms with Gasteiger partial charge in [0.1, 0.15) is 5.60 Å². The fraction of sp³-hybridized carbons (Fsp3) is 0.542. The highest BCUT2D eigenvalue weighted by Crippen LogP contribution is 2.53. The summed E-state index contributed by atoms with van der Waals surface area (Å²) in [6.07, 6.45) is 0.0602. The Morgan fingerprint density at radius 3 is 2.46 bits per heavy atom. The minimum absolute atomic E-state index is 0.175. The van der Waals surface area contributed by atoms with E-state index < -0.39 is 55.7 Å². The van der Waals surface area contributed by atoms with Crippen molar-refractivity contribution in [1.82, 2.24) is 9.55 Å². The first-order valence-electron chi connectivity index (χ1n) is 11.7. The average molecular weight is 527 g/mol. The zero-order valence-corrected chi connectivity index (χ0v) is 22.4. The number of nitrogens with zero attached hydrogens (tertiary/aromatic N) is 1. The third kappa shape index (κ3) is 5.30. The number of aromatic amines is 1. The smallest absolute Gasteiger partial charge is 0.338 e. The molecule has 3 rings (SSSR count). The van der Waals surface area contributed by atoms with Gasteiger partial charge in [-0.3, -0.25) is 14.3 Å². The molecule has 0 spiro atoms. The number of ether oxygens (including phenoxy) is 2. The van der Waals surface area contributed by atoms with Gasteiger partial charge in [-0.05, 0) is 43.3 Å². The van der Waals surface area contributed by atoms with Gasteiger partial charge < -0.3 is 13.9 Å². The fourth-order valence-corrected chi connectivity index (χ4v) is 7.92. The first-order valence-corrected chi connectivity index (χ1v) is 14.7. The topological polar surface area (TPSA) is 99.6 Å². The van der Waals surface area contributed by atoms with Crippen LogP contribution < -0.4 is 11.2 Å². The van der Waals surface area contributed by atoms with E-state index in [1.54, 1.807) is 26.0 Å². The number of nitrogens with one attached hydrogen (secondary N) is 1. The number of aromatic nitrogens is 2. The minimum Gasteiger partial charge on any atom is -0.456 e. The van der Waals surface area contributed by atoms with Gasteiger partial charge in [0.2, 0.25) is 0 Å². The van der Waals surface area contributed by atoms with Crippen molar-refractivity contribution in [2.45, 2.75) is 70.4 Å². The summed E-state index contributed by atoms with van der Waals surface area (Å²) in [7, 11) is -2.32. The van der Waals surface area contributed by atoms with Crippen molar-refractivity contribution in [3.63, 3.8) is 0 Å². The maximum absolute atomic E-state index is 16.4. The van der Waals surface area contributed by atoms with Crippen molar-refractivity contribution in [2.75, 3.05) is 6.61 Å². The number of H-pyrrole nitrogens is 1. The van der Waals surface area contributed by atoms with Gasteiger partial charge >= 0.3 is 11.7 Å². The van der Waals surface area contributed by atoms with E-state index in [1.807, 2.05) is 20.8 Å². The Bertz CT molecular complexity index is 1180. The van der Waals surface area contributed by atoms with Crippen LogP contribution in [-0.2, 0) is 13.9 Å². The molecule has 2 heterocycles. The second kappa shape index (κ2) is 10.4. The SMILES string of the molecule is CC[Si](CC)(CC)O[C@@]1(C)[C@H](n2ccc(=O)[nH]c2=O)O[C@](F)(COC(=O)c2cccc(Cl)c2)[C@H]1C. The van der Waals surface area contributed by atoms with Gasteiger partial charge in [-0.2, -0.15) is 0 Å². The lowest BCUT2D eigenvalue weighted by Gasteiger charge is -2.43. The highest BCUT2D eigenvalue weighted by atomic mass is 35.5. The van der Waals surface area contributed by atoms with E-state index in [0.717, 1.165) is 28.8 Å². The maximum atomic E-state index is 16.4. The van der Waals surface area contributed by atoms with E-state index in [-0.39, 0.29) is 5.56 Å². The molecule has 0 radical (unpaired) electrons. The summed E-state index contributed by atoms with van der Waals surface area (Å²) in [4.78, 5) is 39.0. The van der Waals surface area contributed by atoms with Crippen LogP contribution in [0, 0.1) is 5.92 Å². The molecule has 2 aromatic rings. The molecule has 192 valence electrons. The first kappa shape index (κ1) is 27.3. The van der Waals surface area contributed by atoms with Crippen LogP contribution in [0.25, 0.3) is 0 Å². The van der Waals surface area contributed by atoms with Gasteiger partial charge in [-0.25, -0.2) is 14.0 Å². The van der Waals surface area contributed by atoms with Crippen molar-refractivity contribution in [1.29, 1.82) is 0 Å². The molecule has 0 aliphatic carbocycles. The summed E-state index contributed by atoms with van der Waals surface area (Å²) in [6.45, 7) is 8.73. The molecule has 11 heteroatoms. The number of alkyl halides is 1. The summed E-state index contributed by atoms with van der Waals surface area (Å²) in [5.74, 6) is -4.15. The van der Waals surface area contributed by atoms with Crippen molar-refractivity contribution in [3.05, 3.63) is 68.0 Å². The Morgan fingerprint density at radius 2 is 1.89 bits per heavy atom. The van der Waals surface area contributed by atoms with Crippen LogP contribution in [0.2, 0.25) is 23.2 Å². The van der Waals surface area contributed by atoms with E-state index in [9.17, 15) is 14.4 Å². The molecule has 1 fully saturated rings. The van der Waals surface area contributed by atoms with Gasteiger partial charge in [-0.15, -0.1) is 0 Å². The third-order valence-electron chi connectivity index (χ3n) is 7.24. The van der Waals surface area contributed by atoms with E-state index in [4.69, 9.17) is 25.5 Å². The molecule has 1 aliphatic rings. The third-order valence-corrected chi connectivity index (χ3v) is 12.2. The molecular weight excluding hydrogens is 495 g/mol. The predicted molar refractivity (Wildman–Crippen MR) is 133 cm³/mol. The monoisotopic (exact) mass is 526 g/mol. The van der Waals surface area contributed by atoms with E-state index in [1.165, 1.54) is 18.3 Å². The molecule has 35 heavy (non-hydrogen) atoms. The number of esters is 1. The molecular formula is C24H32ClFN2O6Si. The van der Waals surface area contributed by atoms with Gasteiger partial charge in [-0.1, -0.05) is 45.4 Å². The zero-order chi connectivity index (χ0) is 26.0. The maximum Gasteiger partial charge on any atom is 0.338 e. The second-order valence-corrected chi connectivity index (χ2v) is 14.2. The van der Waals surface area contributed by atoms with Crippen LogP contribution in [0.3, 0.4) is 0 Å². The number of hydrogen-bond acceptors (Lipinski definition) is 6. The molecule has 0 unspecified atom stereocenters. The molecule has 8 nitrogen and oxygen atoms in total. The lowest BCUT2D eigenvalue weighted by atomic mass is 9.87. The highest BCUT2D eigenvalue weighted by molar-refractivity contribution is 6.73. The number of halogens is 2. The molecule has 0 amide bonds. The second-order valence-electron chi connectivity index (χ2n) is 9.11. The molecule has 0 bridgehead atoms. The van der Waals surface area contributed by atoms with Crippen LogP contribution in [0.1, 0.15) is 51.2 Å². The largest absolute Gasteiger partial charge is 0.456 e. The standard InChI is InChI=1S/C24H32ClFN2O6Si/c1-6-35(7-2,8-3)34-23(5)16(4)24(26,15-32-20(30)17-10-9-11-18(25)14-17)33-21(23)28-13-12-19(29)27-22(28)31/h9-14,16,21H,6-8,15H2,1-5H3,(H,27,29,31)/t16-,21+,23+,24+/m0/s1. The van der Waals surface area contributed by atoms with Crippen molar-refractivity contribution >= 4 is 25.9 Å². The number of carbonyl (C=O) groups is 1. The van der Waals surface area contributed by atoms with Gasteiger partial charge in [0.15, 0.2) is 21.2 Å². The summed E-state index contributed by atoms with van der Waals surface area (Å²) in [5.41, 5.74) is -2.44. The van der Waals surface area contributed by atoms with Crippen LogP contribution >= 0.6 is 11.6 Å². The minimum atomic E-state index is -2.46. The Kier molecular flexibility index (Phi) is 8.10. The summed E-state index contributed by atoms with van der Waals surface area (Å²) in [5, 5.41) is 0.346. The summed E-state index contributed by atoms with van der Waals surface area (Å²) >= 11 is 5.94. The van der Waals surface area contributed by atoms with E-state index in [0.29, 0.717) is 5.02 Å². The van der Waals surface area contributed by atoms with Gasteiger partial charge in [0.05, 0.1) is 11.5 Å². The number of carbonyl (C=O) groups excluding carboxylic acids is 1. The molecule has 4 atom stereocenters. The Balaban J connectivity index is 1.99. The predicted octanol–water partition coefficient (Wildman–Crippen LogP) is 4.66. The van der Waals surface area contributed by atoms with Crippen LogP contribution in [0.4, 0.5) is 4.39 Å². The van der Waals surface area contributed by atoms with Crippen LogP contribution in [0.15, 0.2) is 46.1 Å². The van der Waals surface area contributed by atoms with Gasteiger partial charge in [0.25, 0.3) is 11.4 Å². The Hall–Kier alpha value is -2.27. The summed E-state index contributed by atoms with van der Waals surface area (Å²) < 4.78 is 35.4. The molecule has 0 saturated carbocycles. The number of benzene rings is 1. The highest BCUT2D eigenvalue weighted by Gasteiger charge is 2.64. The summed E-state index contributed by atoms with van der Waals surface area (Å²) in [6, 6.07) is 9.67. The lowest BCUT2D eigenvalue weighted by molar-refractivity contribution is -0.194. The first-order chi connectivity index (χ1) is 16.4. The van der Waals surface area contributed by atoms with Crippen molar-refractivity contribution in [3.8, 4) is 0 Å². The van der Waals surface area contributed by atoms with E-state index in [2.05, 4.69) is 4.98 Å². The molecule has 1 aromatic carbocycles. The molecule has 1 N–H and O–H groups in total.